The van der Waals surface area contributed by atoms with E-state index in [2.05, 4.69) is 60.4 Å². The standard InChI is InChI=1S/C21H21NO/c1-16(15-17-7-4-3-5-8-17)21-20(9-6-14-22-21)18-10-12-19(23-2)13-11-18/h3-14,16H,15H2,1-2H3. The zero-order chi connectivity index (χ0) is 16.1. The smallest absolute Gasteiger partial charge is 0.118 e. The molecule has 0 radical (unpaired) electrons. The number of hydrogen-bond donors (Lipinski definition) is 0. The predicted molar refractivity (Wildman–Crippen MR) is 94.8 cm³/mol. The van der Waals surface area contributed by atoms with Crippen molar-refractivity contribution >= 4 is 0 Å². The van der Waals surface area contributed by atoms with Gasteiger partial charge < -0.3 is 4.74 Å². The highest BCUT2D eigenvalue weighted by Crippen LogP contribution is 2.30. The van der Waals surface area contributed by atoms with Crippen LogP contribution in [0.1, 0.15) is 24.1 Å². The number of rotatable bonds is 5. The fourth-order valence-electron chi connectivity index (χ4n) is 2.89. The highest BCUT2D eigenvalue weighted by Gasteiger charge is 2.14. The van der Waals surface area contributed by atoms with Gasteiger partial charge in [0.15, 0.2) is 0 Å². The molecule has 3 rings (SSSR count). The van der Waals surface area contributed by atoms with E-state index in [-0.39, 0.29) is 0 Å². The topological polar surface area (TPSA) is 22.1 Å². The van der Waals surface area contributed by atoms with E-state index in [1.807, 2.05) is 24.4 Å². The third kappa shape index (κ3) is 3.59. The zero-order valence-corrected chi connectivity index (χ0v) is 13.6. The van der Waals surface area contributed by atoms with Crippen molar-refractivity contribution in [2.24, 2.45) is 0 Å². The van der Waals surface area contributed by atoms with Crippen molar-refractivity contribution in [2.45, 2.75) is 19.3 Å². The Morgan fingerprint density at radius 3 is 2.35 bits per heavy atom. The van der Waals surface area contributed by atoms with E-state index in [0.29, 0.717) is 5.92 Å². The molecule has 0 spiro atoms. The highest BCUT2D eigenvalue weighted by molar-refractivity contribution is 5.67. The largest absolute Gasteiger partial charge is 0.497 e. The molecule has 2 nitrogen and oxygen atoms in total. The first-order valence-corrected chi connectivity index (χ1v) is 7.91. The summed E-state index contributed by atoms with van der Waals surface area (Å²) in [5.41, 5.74) is 4.85. The molecule has 2 heteroatoms. The Kier molecular flexibility index (Phi) is 4.72. The van der Waals surface area contributed by atoms with Crippen LogP contribution in [0.25, 0.3) is 11.1 Å². The van der Waals surface area contributed by atoms with E-state index in [1.54, 1.807) is 7.11 Å². The molecule has 23 heavy (non-hydrogen) atoms. The fraction of sp³-hybridized carbons (Fsp3) is 0.190. The number of nitrogens with zero attached hydrogens (tertiary/aromatic N) is 1. The first-order valence-electron chi connectivity index (χ1n) is 7.91. The molecule has 3 aromatic rings. The lowest BCUT2D eigenvalue weighted by Gasteiger charge is -2.16. The molecule has 0 aliphatic carbocycles. The molecule has 1 aromatic heterocycles. The average Bonchev–Trinajstić information content (AvgIpc) is 2.62. The normalized spacial score (nSPS) is 11.9. The van der Waals surface area contributed by atoms with Gasteiger partial charge in [-0.3, -0.25) is 4.98 Å². The van der Waals surface area contributed by atoms with Crippen LogP contribution >= 0.6 is 0 Å². The molecule has 0 bridgehead atoms. The number of pyridine rings is 1. The third-order valence-corrected chi connectivity index (χ3v) is 4.09. The molecule has 2 aromatic carbocycles. The summed E-state index contributed by atoms with van der Waals surface area (Å²) >= 11 is 0. The van der Waals surface area contributed by atoms with Crippen LogP contribution in [0.3, 0.4) is 0 Å². The van der Waals surface area contributed by atoms with Gasteiger partial charge in [0.25, 0.3) is 0 Å². The Morgan fingerprint density at radius 1 is 0.913 bits per heavy atom. The number of methoxy groups -OCH3 is 1. The molecule has 0 aliphatic heterocycles. The molecule has 0 fully saturated rings. The Hall–Kier alpha value is -2.61. The van der Waals surface area contributed by atoms with Gasteiger partial charge >= 0.3 is 0 Å². The van der Waals surface area contributed by atoms with E-state index in [1.165, 1.54) is 16.7 Å². The molecule has 0 N–H and O–H groups in total. The molecule has 1 atom stereocenters. The first kappa shape index (κ1) is 15.3. The van der Waals surface area contributed by atoms with Gasteiger partial charge in [0.2, 0.25) is 0 Å². The average molecular weight is 303 g/mol. The van der Waals surface area contributed by atoms with Gasteiger partial charge in [0.1, 0.15) is 5.75 Å². The summed E-state index contributed by atoms with van der Waals surface area (Å²) in [6.45, 7) is 2.24. The van der Waals surface area contributed by atoms with Crippen molar-refractivity contribution in [3.8, 4) is 16.9 Å². The molecule has 0 saturated carbocycles. The first-order chi connectivity index (χ1) is 11.3. The Balaban J connectivity index is 1.90. The van der Waals surface area contributed by atoms with Gasteiger partial charge in [-0.15, -0.1) is 0 Å². The summed E-state index contributed by atoms with van der Waals surface area (Å²) in [5.74, 6) is 1.23. The van der Waals surface area contributed by atoms with Crippen molar-refractivity contribution in [3.05, 3.63) is 84.2 Å². The molecule has 1 heterocycles. The highest BCUT2D eigenvalue weighted by atomic mass is 16.5. The molecular formula is C21H21NO. The lowest BCUT2D eigenvalue weighted by atomic mass is 9.92. The number of ether oxygens (including phenoxy) is 1. The molecule has 1 unspecified atom stereocenters. The monoisotopic (exact) mass is 303 g/mol. The quantitative estimate of drug-likeness (QED) is 0.654. The van der Waals surface area contributed by atoms with E-state index in [0.717, 1.165) is 17.9 Å². The van der Waals surface area contributed by atoms with Crippen LogP contribution in [-0.4, -0.2) is 12.1 Å². The molecule has 0 aliphatic rings. The van der Waals surface area contributed by atoms with E-state index < -0.39 is 0 Å². The minimum absolute atomic E-state index is 0.357. The molecule has 0 amide bonds. The van der Waals surface area contributed by atoms with Crippen LogP contribution in [0, 0.1) is 0 Å². The number of benzene rings is 2. The minimum atomic E-state index is 0.357. The second-order valence-corrected chi connectivity index (χ2v) is 5.76. The summed E-state index contributed by atoms with van der Waals surface area (Å²) in [6, 6.07) is 22.9. The Bertz CT molecular complexity index is 750. The van der Waals surface area contributed by atoms with E-state index >= 15 is 0 Å². The Morgan fingerprint density at radius 2 is 1.65 bits per heavy atom. The molecule has 0 saturated heterocycles. The zero-order valence-electron chi connectivity index (χ0n) is 13.6. The van der Waals surface area contributed by atoms with Crippen molar-refractivity contribution in [3.63, 3.8) is 0 Å². The van der Waals surface area contributed by atoms with Crippen LogP contribution in [0.2, 0.25) is 0 Å². The molecular weight excluding hydrogens is 282 g/mol. The second kappa shape index (κ2) is 7.10. The fourth-order valence-corrected chi connectivity index (χ4v) is 2.89. The number of hydrogen-bond acceptors (Lipinski definition) is 2. The van der Waals surface area contributed by atoms with Gasteiger partial charge in [-0.05, 0) is 35.7 Å². The van der Waals surface area contributed by atoms with Crippen LogP contribution in [0.5, 0.6) is 5.75 Å². The van der Waals surface area contributed by atoms with Crippen LogP contribution in [0.15, 0.2) is 72.9 Å². The maximum atomic E-state index is 5.25. The Labute approximate surface area is 137 Å². The van der Waals surface area contributed by atoms with Crippen molar-refractivity contribution in [1.29, 1.82) is 0 Å². The van der Waals surface area contributed by atoms with Crippen LogP contribution in [0.4, 0.5) is 0 Å². The lowest BCUT2D eigenvalue weighted by Crippen LogP contribution is -2.03. The maximum absolute atomic E-state index is 5.25. The van der Waals surface area contributed by atoms with Gasteiger partial charge in [-0.2, -0.15) is 0 Å². The predicted octanol–water partition coefficient (Wildman–Crippen LogP) is 5.10. The van der Waals surface area contributed by atoms with Gasteiger partial charge in [-0.25, -0.2) is 0 Å². The second-order valence-electron chi connectivity index (χ2n) is 5.76. The van der Waals surface area contributed by atoms with E-state index in [9.17, 15) is 0 Å². The van der Waals surface area contributed by atoms with Crippen molar-refractivity contribution in [2.75, 3.05) is 7.11 Å². The van der Waals surface area contributed by atoms with Crippen LogP contribution < -0.4 is 4.74 Å². The van der Waals surface area contributed by atoms with Gasteiger partial charge in [0.05, 0.1) is 12.8 Å². The van der Waals surface area contributed by atoms with Crippen molar-refractivity contribution < 1.29 is 4.74 Å². The van der Waals surface area contributed by atoms with Crippen molar-refractivity contribution in [1.82, 2.24) is 4.98 Å². The molecule has 116 valence electrons. The van der Waals surface area contributed by atoms with Crippen LogP contribution in [-0.2, 0) is 6.42 Å². The van der Waals surface area contributed by atoms with Gasteiger partial charge in [0, 0.05) is 17.7 Å². The maximum Gasteiger partial charge on any atom is 0.118 e. The number of aromatic nitrogens is 1. The minimum Gasteiger partial charge on any atom is -0.497 e. The third-order valence-electron chi connectivity index (χ3n) is 4.09. The lowest BCUT2D eigenvalue weighted by molar-refractivity contribution is 0.415. The SMILES string of the molecule is COc1ccc(-c2cccnc2C(C)Cc2ccccc2)cc1. The van der Waals surface area contributed by atoms with E-state index in [4.69, 9.17) is 4.74 Å². The summed E-state index contributed by atoms with van der Waals surface area (Å²) in [5, 5.41) is 0. The summed E-state index contributed by atoms with van der Waals surface area (Å²) in [4.78, 5) is 4.66. The summed E-state index contributed by atoms with van der Waals surface area (Å²) in [7, 11) is 1.69. The van der Waals surface area contributed by atoms with Gasteiger partial charge in [-0.1, -0.05) is 55.5 Å². The summed E-state index contributed by atoms with van der Waals surface area (Å²) < 4.78 is 5.25. The summed E-state index contributed by atoms with van der Waals surface area (Å²) in [6.07, 6.45) is 2.87.